The van der Waals surface area contributed by atoms with E-state index in [0.29, 0.717) is 18.5 Å². The fourth-order valence-electron chi connectivity index (χ4n) is 2.10. The van der Waals surface area contributed by atoms with Gasteiger partial charge in [0.1, 0.15) is 5.76 Å². The lowest BCUT2D eigenvalue weighted by atomic mass is 10.0. The Morgan fingerprint density at radius 1 is 1.35 bits per heavy atom. The minimum atomic E-state index is -0.0275. The Labute approximate surface area is 101 Å². The Bertz CT molecular complexity index is 437. The maximum Gasteiger partial charge on any atom is 0.160 e. The molecule has 2 rings (SSSR count). The minimum absolute atomic E-state index is 0.0275. The molecule has 0 bridgehead atoms. The average Bonchev–Trinajstić information content (AvgIpc) is 2.32. The van der Waals surface area contributed by atoms with Crippen molar-refractivity contribution in [2.24, 2.45) is 0 Å². The highest BCUT2D eigenvalue weighted by molar-refractivity contribution is 5.94. The summed E-state index contributed by atoms with van der Waals surface area (Å²) >= 11 is 0. The van der Waals surface area contributed by atoms with E-state index in [9.17, 15) is 9.90 Å². The Balaban J connectivity index is 2.04. The Morgan fingerprint density at radius 3 is 2.71 bits per heavy atom. The molecule has 0 atom stereocenters. The molecule has 0 unspecified atom stereocenters. The molecule has 1 heterocycles. The number of hydrogen-bond donors (Lipinski definition) is 1. The number of hydrogen-bond acceptors (Lipinski definition) is 3. The van der Waals surface area contributed by atoms with Crippen molar-refractivity contribution in [3.8, 4) is 0 Å². The number of nitrogens with zero attached hydrogens (tertiary/aromatic N) is 1. The van der Waals surface area contributed by atoms with Crippen LogP contribution < -0.4 is 0 Å². The van der Waals surface area contributed by atoms with Gasteiger partial charge < -0.3 is 5.11 Å². The Kier molecular flexibility index (Phi) is 3.59. The third-order valence-electron chi connectivity index (χ3n) is 3.07. The molecule has 0 amide bonds. The van der Waals surface area contributed by atoms with Crippen LogP contribution in [0.3, 0.4) is 0 Å². The first kappa shape index (κ1) is 11.9. The fourth-order valence-corrected chi connectivity index (χ4v) is 2.10. The van der Waals surface area contributed by atoms with Gasteiger partial charge in [-0.25, -0.2) is 0 Å². The lowest BCUT2D eigenvalue weighted by molar-refractivity contribution is -0.114. The van der Waals surface area contributed by atoms with Crippen molar-refractivity contribution < 1.29 is 9.90 Å². The maximum absolute atomic E-state index is 11.4. The minimum Gasteiger partial charge on any atom is -0.512 e. The van der Waals surface area contributed by atoms with Gasteiger partial charge in [0.05, 0.1) is 0 Å². The van der Waals surface area contributed by atoms with E-state index >= 15 is 0 Å². The molecule has 17 heavy (non-hydrogen) atoms. The highest BCUT2D eigenvalue weighted by Gasteiger charge is 2.21. The first-order valence-electron chi connectivity index (χ1n) is 5.85. The van der Waals surface area contributed by atoms with Gasteiger partial charge in [-0.1, -0.05) is 30.3 Å². The SMILES string of the molecule is CC(=O)C1=C(O)CCN(Cc2ccccc2)C1. The van der Waals surface area contributed by atoms with Crippen LogP contribution in [0.1, 0.15) is 18.9 Å². The molecule has 0 spiro atoms. The normalized spacial score (nSPS) is 17.2. The highest BCUT2D eigenvalue weighted by Crippen LogP contribution is 2.18. The predicted octanol–water partition coefficient (Wildman–Crippen LogP) is 2.29. The van der Waals surface area contributed by atoms with Gasteiger partial charge in [-0.05, 0) is 12.5 Å². The van der Waals surface area contributed by atoms with Gasteiger partial charge in [-0.3, -0.25) is 9.69 Å². The van der Waals surface area contributed by atoms with E-state index in [-0.39, 0.29) is 11.5 Å². The molecule has 0 aliphatic carbocycles. The lowest BCUT2D eigenvalue weighted by Crippen LogP contribution is -2.33. The van der Waals surface area contributed by atoms with Crippen LogP contribution in [0, 0.1) is 0 Å². The van der Waals surface area contributed by atoms with Gasteiger partial charge >= 0.3 is 0 Å². The number of Topliss-reactive ketones (excluding diaryl/α,β-unsaturated/α-hetero) is 1. The second kappa shape index (κ2) is 5.15. The molecule has 1 aliphatic rings. The van der Waals surface area contributed by atoms with Crippen LogP contribution in [-0.2, 0) is 11.3 Å². The maximum atomic E-state index is 11.4. The summed E-state index contributed by atoms with van der Waals surface area (Å²) in [7, 11) is 0. The third-order valence-corrected chi connectivity index (χ3v) is 3.07. The molecule has 1 aromatic carbocycles. The van der Waals surface area contributed by atoms with Crippen LogP contribution in [0.15, 0.2) is 41.7 Å². The summed E-state index contributed by atoms with van der Waals surface area (Å²) in [5, 5.41) is 9.66. The summed E-state index contributed by atoms with van der Waals surface area (Å²) in [4.78, 5) is 13.5. The zero-order chi connectivity index (χ0) is 12.3. The van der Waals surface area contributed by atoms with Crippen molar-refractivity contribution >= 4 is 5.78 Å². The molecule has 3 heteroatoms. The Hall–Kier alpha value is -1.61. The van der Waals surface area contributed by atoms with Crippen LogP contribution in [0.4, 0.5) is 0 Å². The molecular formula is C14H17NO2. The smallest absolute Gasteiger partial charge is 0.160 e. The highest BCUT2D eigenvalue weighted by atomic mass is 16.3. The molecule has 0 radical (unpaired) electrons. The molecule has 0 saturated heterocycles. The second-order valence-electron chi connectivity index (χ2n) is 4.43. The number of ketones is 1. The lowest BCUT2D eigenvalue weighted by Gasteiger charge is -2.27. The molecule has 0 aromatic heterocycles. The van der Waals surface area contributed by atoms with E-state index < -0.39 is 0 Å². The largest absolute Gasteiger partial charge is 0.512 e. The van der Waals surface area contributed by atoms with Gasteiger partial charge in [0.25, 0.3) is 0 Å². The number of carbonyl (C=O) groups is 1. The summed E-state index contributed by atoms with van der Waals surface area (Å²) in [6.45, 7) is 3.69. The summed E-state index contributed by atoms with van der Waals surface area (Å²) < 4.78 is 0. The molecular weight excluding hydrogens is 214 g/mol. The van der Waals surface area contributed by atoms with E-state index in [1.807, 2.05) is 18.2 Å². The summed E-state index contributed by atoms with van der Waals surface area (Å²) in [6.07, 6.45) is 0.571. The number of aliphatic hydroxyl groups is 1. The van der Waals surface area contributed by atoms with E-state index in [1.165, 1.54) is 12.5 Å². The first-order chi connectivity index (χ1) is 8.16. The number of carbonyl (C=O) groups excluding carboxylic acids is 1. The molecule has 3 nitrogen and oxygen atoms in total. The summed E-state index contributed by atoms with van der Waals surface area (Å²) in [5.41, 5.74) is 1.80. The quantitative estimate of drug-likeness (QED) is 0.867. The van der Waals surface area contributed by atoms with Gasteiger partial charge in [0, 0.05) is 31.6 Å². The molecule has 0 fully saturated rings. The predicted molar refractivity (Wildman–Crippen MR) is 66.7 cm³/mol. The van der Waals surface area contributed by atoms with Crippen molar-refractivity contribution in [3.63, 3.8) is 0 Å². The van der Waals surface area contributed by atoms with Crippen LogP contribution >= 0.6 is 0 Å². The van der Waals surface area contributed by atoms with Crippen molar-refractivity contribution in [3.05, 3.63) is 47.2 Å². The number of rotatable bonds is 3. The molecule has 90 valence electrons. The van der Waals surface area contributed by atoms with Crippen LogP contribution in [0.25, 0.3) is 0 Å². The monoisotopic (exact) mass is 231 g/mol. The van der Waals surface area contributed by atoms with E-state index in [4.69, 9.17) is 0 Å². The van der Waals surface area contributed by atoms with Gasteiger partial charge in [-0.2, -0.15) is 0 Å². The number of aliphatic hydroxyl groups excluding tert-OH is 1. The van der Waals surface area contributed by atoms with Gasteiger partial charge in [-0.15, -0.1) is 0 Å². The molecule has 1 aromatic rings. The van der Waals surface area contributed by atoms with E-state index in [2.05, 4.69) is 17.0 Å². The summed E-state index contributed by atoms with van der Waals surface area (Å²) in [5.74, 6) is 0.238. The topological polar surface area (TPSA) is 40.5 Å². The molecule has 1 N–H and O–H groups in total. The second-order valence-corrected chi connectivity index (χ2v) is 4.43. The Morgan fingerprint density at radius 2 is 2.06 bits per heavy atom. The van der Waals surface area contributed by atoms with Gasteiger partial charge in [0.15, 0.2) is 5.78 Å². The summed E-state index contributed by atoms with van der Waals surface area (Å²) in [6, 6.07) is 10.2. The fraction of sp³-hybridized carbons (Fsp3) is 0.357. The average molecular weight is 231 g/mol. The third kappa shape index (κ3) is 2.94. The van der Waals surface area contributed by atoms with Crippen molar-refractivity contribution in [2.75, 3.05) is 13.1 Å². The van der Waals surface area contributed by atoms with Crippen LogP contribution in [0.2, 0.25) is 0 Å². The van der Waals surface area contributed by atoms with E-state index in [0.717, 1.165) is 13.1 Å². The zero-order valence-corrected chi connectivity index (χ0v) is 10.0. The van der Waals surface area contributed by atoms with E-state index in [1.54, 1.807) is 0 Å². The van der Waals surface area contributed by atoms with Crippen LogP contribution in [0.5, 0.6) is 0 Å². The van der Waals surface area contributed by atoms with Crippen molar-refractivity contribution in [1.29, 1.82) is 0 Å². The van der Waals surface area contributed by atoms with Gasteiger partial charge in [0.2, 0.25) is 0 Å². The van der Waals surface area contributed by atoms with Crippen LogP contribution in [-0.4, -0.2) is 28.9 Å². The zero-order valence-electron chi connectivity index (χ0n) is 10.0. The standard InChI is InChI=1S/C14H17NO2/c1-11(16)13-10-15(8-7-14(13)17)9-12-5-3-2-4-6-12/h2-6,17H,7-10H2,1H3. The first-order valence-corrected chi connectivity index (χ1v) is 5.85. The van der Waals surface area contributed by atoms with Crippen molar-refractivity contribution in [2.45, 2.75) is 19.9 Å². The van der Waals surface area contributed by atoms with Crippen molar-refractivity contribution in [1.82, 2.24) is 4.90 Å². The number of benzene rings is 1. The molecule has 0 saturated carbocycles. The molecule has 1 aliphatic heterocycles.